The monoisotopic (exact) mass is 446 g/mol. The first kappa shape index (κ1) is 27.1. The van der Waals surface area contributed by atoms with E-state index in [2.05, 4.69) is 10.6 Å². The van der Waals surface area contributed by atoms with E-state index in [9.17, 15) is 19.2 Å². The van der Waals surface area contributed by atoms with E-state index in [1.165, 1.54) is 15.9 Å². The lowest BCUT2D eigenvalue weighted by atomic mass is 9.99. The maximum absolute atomic E-state index is 13.3. The highest BCUT2D eigenvalue weighted by Gasteiger charge is 2.37. The fraction of sp³-hybridized carbons (Fsp3) is 0.583. The molecular formula is C24H38N4O4. The minimum Gasteiger partial charge on any atom is -0.354 e. The molecular weight excluding hydrogens is 408 g/mol. The lowest BCUT2D eigenvalue weighted by molar-refractivity contribution is -0.149. The van der Waals surface area contributed by atoms with Crippen molar-refractivity contribution in [3.63, 3.8) is 0 Å². The Morgan fingerprint density at radius 2 is 1.69 bits per heavy atom. The van der Waals surface area contributed by atoms with E-state index in [0.717, 1.165) is 0 Å². The number of nitrogens with zero attached hydrogens (tertiary/aromatic N) is 2. The number of hydrogen-bond donors (Lipinski definition) is 2. The van der Waals surface area contributed by atoms with Crippen molar-refractivity contribution in [1.29, 1.82) is 0 Å². The molecule has 1 saturated heterocycles. The normalized spacial score (nSPS) is 24.7. The zero-order valence-electron chi connectivity index (χ0n) is 20.1. The molecule has 3 atom stereocenters. The van der Waals surface area contributed by atoms with Crippen LogP contribution in [0.15, 0.2) is 36.5 Å². The third kappa shape index (κ3) is 7.98. The van der Waals surface area contributed by atoms with Gasteiger partial charge in [-0.25, -0.2) is 0 Å². The molecule has 0 aromatic carbocycles. The van der Waals surface area contributed by atoms with Crippen molar-refractivity contribution in [3.05, 3.63) is 36.5 Å². The number of hydrogen-bond acceptors (Lipinski definition) is 4. The van der Waals surface area contributed by atoms with Crippen molar-refractivity contribution in [2.45, 2.75) is 65.1 Å². The Bertz CT molecular complexity index is 757. The molecule has 1 aliphatic heterocycles. The molecule has 2 unspecified atom stereocenters. The molecule has 0 aromatic rings. The van der Waals surface area contributed by atoms with E-state index in [1.807, 2.05) is 32.9 Å². The highest BCUT2D eigenvalue weighted by atomic mass is 16.2. The first-order valence-corrected chi connectivity index (χ1v) is 11.2. The topological polar surface area (TPSA) is 98.8 Å². The Hall–Kier alpha value is -2.90. The van der Waals surface area contributed by atoms with Gasteiger partial charge in [-0.15, -0.1) is 0 Å². The minimum atomic E-state index is -0.759. The Morgan fingerprint density at radius 1 is 1.03 bits per heavy atom. The number of allylic oxidation sites excluding steroid dienone is 5. The van der Waals surface area contributed by atoms with E-state index in [4.69, 9.17) is 0 Å². The van der Waals surface area contributed by atoms with Crippen molar-refractivity contribution in [2.75, 3.05) is 20.6 Å². The van der Waals surface area contributed by atoms with Crippen LogP contribution in [0.2, 0.25) is 0 Å². The molecule has 32 heavy (non-hydrogen) atoms. The zero-order chi connectivity index (χ0) is 24.3. The van der Waals surface area contributed by atoms with Gasteiger partial charge < -0.3 is 20.4 Å². The molecule has 0 radical (unpaired) electrons. The smallest absolute Gasteiger partial charge is 0.246 e. The molecule has 4 amide bonds. The standard InChI is InChI=1S/C24H38N4O4/c1-7-8-9-10-11-15-20(29)26-19-14-12-13-16-25-22(30)18(4)27(5)24(32)21(17(2)3)28(6)23(19)31/h7-11,15,17-19,21H,12-14,16H2,1-6H3,(H,25,30)(H,26,29)/b8-7+,10-9+,15-11+/t18-,19?,21?/m0/s1. The molecule has 1 rings (SSSR count). The average Bonchev–Trinajstić information content (AvgIpc) is 2.75. The fourth-order valence-electron chi connectivity index (χ4n) is 3.55. The summed E-state index contributed by atoms with van der Waals surface area (Å²) in [4.78, 5) is 54.1. The van der Waals surface area contributed by atoms with E-state index in [-0.39, 0.29) is 29.5 Å². The van der Waals surface area contributed by atoms with Gasteiger partial charge in [-0.2, -0.15) is 0 Å². The predicted octanol–water partition coefficient (Wildman–Crippen LogP) is 1.79. The van der Waals surface area contributed by atoms with Crippen LogP contribution >= 0.6 is 0 Å². The first-order chi connectivity index (χ1) is 15.1. The summed E-state index contributed by atoms with van der Waals surface area (Å²) in [6, 6.07) is -2.16. The zero-order valence-corrected chi connectivity index (χ0v) is 20.1. The second-order valence-corrected chi connectivity index (χ2v) is 8.38. The second kappa shape index (κ2) is 13.5. The summed E-state index contributed by atoms with van der Waals surface area (Å²) in [5, 5.41) is 5.62. The number of carbonyl (C=O) groups excluding carboxylic acids is 4. The Kier molecular flexibility index (Phi) is 11.4. The summed E-state index contributed by atoms with van der Waals surface area (Å²) in [6.45, 7) is 7.73. The van der Waals surface area contributed by atoms with Crippen LogP contribution in [0.5, 0.6) is 0 Å². The van der Waals surface area contributed by atoms with Crippen molar-refractivity contribution < 1.29 is 19.2 Å². The van der Waals surface area contributed by atoms with E-state index in [0.29, 0.717) is 25.8 Å². The molecule has 1 aliphatic rings. The van der Waals surface area contributed by atoms with Crippen LogP contribution < -0.4 is 10.6 Å². The minimum absolute atomic E-state index is 0.174. The summed E-state index contributed by atoms with van der Waals surface area (Å²) < 4.78 is 0. The highest BCUT2D eigenvalue weighted by Crippen LogP contribution is 2.17. The average molecular weight is 447 g/mol. The van der Waals surface area contributed by atoms with Crippen LogP contribution in [0, 0.1) is 5.92 Å². The summed E-state index contributed by atoms with van der Waals surface area (Å²) in [7, 11) is 3.16. The van der Waals surface area contributed by atoms with Gasteiger partial charge in [-0.1, -0.05) is 44.2 Å². The summed E-state index contributed by atoms with van der Waals surface area (Å²) in [6.07, 6.45) is 11.9. The Morgan fingerprint density at radius 3 is 2.31 bits per heavy atom. The lowest BCUT2D eigenvalue weighted by Crippen LogP contribution is -2.58. The number of likely N-dealkylation sites (N-methyl/N-ethyl adjacent to an activating group) is 2. The lowest BCUT2D eigenvalue weighted by Gasteiger charge is -2.36. The third-order valence-corrected chi connectivity index (χ3v) is 5.56. The van der Waals surface area contributed by atoms with Gasteiger partial charge in [-0.05, 0) is 39.0 Å². The molecule has 0 bridgehead atoms. The molecule has 0 aromatic heterocycles. The fourth-order valence-corrected chi connectivity index (χ4v) is 3.55. The van der Waals surface area contributed by atoms with E-state index in [1.54, 1.807) is 39.2 Å². The third-order valence-electron chi connectivity index (χ3n) is 5.56. The van der Waals surface area contributed by atoms with E-state index >= 15 is 0 Å². The molecule has 178 valence electrons. The molecule has 8 nitrogen and oxygen atoms in total. The van der Waals surface area contributed by atoms with Crippen LogP contribution in [-0.2, 0) is 19.2 Å². The van der Waals surface area contributed by atoms with Crippen LogP contribution in [0.4, 0.5) is 0 Å². The second-order valence-electron chi connectivity index (χ2n) is 8.38. The van der Waals surface area contributed by atoms with Gasteiger partial charge in [0.05, 0.1) is 0 Å². The number of nitrogens with one attached hydrogen (secondary N) is 2. The molecule has 0 aliphatic carbocycles. The largest absolute Gasteiger partial charge is 0.354 e. The number of carbonyl (C=O) groups is 4. The van der Waals surface area contributed by atoms with Crippen LogP contribution in [0.1, 0.15) is 47.0 Å². The molecule has 2 N–H and O–H groups in total. The van der Waals surface area contributed by atoms with E-state index < -0.39 is 18.1 Å². The van der Waals surface area contributed by atoms with Gasteiger partial charge in [-0.3, -0.25) is 19.2 Å². The first-order valence-electron chi connectivity index (χ1n) is 11.2. The Labute approximate surface area is 191 Å². The van der Waals surface area contributed by atoms with Gasteiger partial charge in [0.25, 0.3) is 0 Å². The van der Waals surface area contributed by atoms with Crippen molar-refractivity contribution >= 4 is 23.6 Å². The van der Waals surface area contributed by atoms with Crippen LogP contribution in [-0.4, -0.2) is 72.2 Å². The molecule has 0 saturated carbocycles. The van der Waals surface area contributed by atoms with Crippen LogP contribution in [0.25, 0.3) is 0 Å². The SMILES string of the molecule is C/C=C/C=C/C=C/C(=O)NC1CCCCNC(=O)[C@H](C)N(C)C(=O)C(C(C)C)N(C)C1=O. The molecule has 0 spiro atoms. The van der Waals surface area contributed by atoms with Crippen molar-refractivity contribution in [1.82, 2.24) is 20.4 Å². The molecule has 1 heterocycles. The van der Waals surface area contributed by atoms with Gasteiger partial charge in [0.15, 0.2) is 0 Å². The summed E-state index contributed by atoms with van der Waals surface area (Å²) >= 11 is 0. The quantitative estimate of drug-likeness (QED) is 0.497. The van der Waals surface area contributed by atoms with Crippen molar-refractivity contribution in [2.24, 2.45) is 5.92 Å². The van der Waals surface area contributed by atoms with Crippen LogP contribution in [0.3, 0.4) is 0 Å². The van der Waals surface area contributed by atoms with Gasteiger partial charge in [0, 0.05) is 26.7 Å². The number of amides is 4. The predicted molar refractivity (Wildman–Crippen MR) is 126 cm³/mol. The van der Waals surface area contributed by atoms with Gasteiger partial charge in [0.1, 0.15) is 18.1 Å². The van der Waals surface area contributed by atoms with Gasteiger partial charge >= 0.3 is 0 Å². The number of rotatable bonds is 5. The molecule has 1 fully saturated rings. The Balaban J connectivity index is 3.13. The maximum atomic E-state index is 13.3. The van der Waals surface area contributed by atoms with Crippen molar-refractivity contribution in [3.8, 4) is 0 Å². The maximum Gasteiger partial charge on any atom is 0.246 e. The summed E-state index contributed by atoms with van der Waals surface area (Å²) in [5.74, 6) is -1.40. The summed E-state index contributed by atoms with van der Waals surface area (Å²) in [5.41, 5.74) is 0. The molecule has 8 heteroatoms. The van der Waals surface area contributed by atoms with Gasteiger partial charge in [0.2, 0.25) is 23.6 Å². The highest BCUT2D eigenvalue weighted by molar-refractivity contribution is 5.96.